The van der Waals surface area contributed by atoms with Gasteiger partial charge in [0.2, 0.25) is 0 Å². The van der Waals surface area contributed by atoms with E-state index in [1.165, 1.54) is 19.6 Å². The second kappa shape index (κ2) is 17.8. The monoisotopic (exact) mass is 927 g/mol. The minimum atomic E-state index is -1.82. The summed E-state index contributed by atoms with van der Waals surface area (Å²) in [6.07, 6.45) is -11.1. The van der Waals surface area contributed by atoms with Crippen LogP contribution in [0, 0.1) is 50.2 Å². The molecule has 65 heavy (non-hydrogen) atoms. The van der Waals surface area contributed by atoms with E-state index in [1.807, 2.05) is 0 Å². The number of fused-ring (bicyclic) bond motifs is 7. The van der Waals surface area contributed by atoms with Crippen LogP contribution >= 0.6 is 0 Å². The van der Waals surface area contributed by atoms with Crippen LogP contribution < -0.4 is 0 Å². The van der Waals surface area contributed by atoms with Crippen molar-refractivity contribution in [2.45, 2.75) is 205 Å². The van der Waals surface area contributed by atoms with Crippen LogP contribution in [-0.4, -0.2) is 171 Å². The Hall–Kier alpha value is -1.39. The Morgan fingerprint density at radius 2 is 1.40 bits per heavy atom. The minimum absolute atomic E-state index is 0.0337. The number of methoxy groups -OCH3 is 1. The Morgan fingerprint density at radius 3 is 2.08 bits per heavy atom. The van der Waals surface area contributed by atoms with E-state index in [2.05, 4.69) is 47.6 Å². The van der Waals surface area contributed by atoms with Crippen molar-refractivity contribution in [2.24, 2.45) is 50.2 Å². The molecule has 3 saturated heterocycles. The maximum atomic E-state index is 13.7. The molecule has 372 valence electrons. The third-order valence-corrected chi connectivity index (χ3v) is 19.3. The molecule has 9 N–H and O–H groups in total. The normalized spacial score (nSPS) is 54.3. The zero-order chi connectivity index (χ0) is 47.4. The molecule has 0 aromatic heterocycles. The summed E-state index contributed by atoms with van der Waals surface area (Å²) in [7, 11) is 1.53. The second-order valence-electron chi connectivity index (χ2n) is 23.0. The average Bonchev–Trinajstić information content (AvgIpc) is 3.27. The van der Waals surface area contributed by atoms with Gasteiger partial charge in [0, 0.05) is 5.41 Å². The first kappa shape index (κ1) is 50.0. The summed E-state index contributed by atoms with van der Waals surface area (Å²) in [5.41, 5.74) is -0.101. The van der Waals surface area contributed by atoms with Gasteiger partial charge < -0.3 is 79.1 Å². The van der Waals surface area contributed by atoms with Crippen LogP contribution in [0.2, 0.25) is 0 Å². The van der Waals surface area contributed by atoms with E-state index >= 15 is 0 Å². The molecule has 3 heterocycles. The molecule has 17 nitrogen and oxygen atoms in total. The Bertz CT molecular complexity index is 1760. The lowest BCUT2D eigenvalue weighted by Gasteiger charge is -2.71. The highest BCUT2D eigenvalue weighted by Crippen LogP contribution is 2.76. The smallest absolute Gasteiger partial charge is 0.312 e. The lowest BCUT2D eigenvalue weighted by molar-refractivity contribution is -0.383. The van der Waals surface area contributed by atoms with Crippen molar-refractivity contribution in [1.29, 1.82) is 0 Å². The molecule has 23 atom stereocenters. The van der Waals surface area contributed by atoms with Crippen LogP contribution in [0.1, 0.15) is 113 Å². The van der Waals surface area contributed by atoms with E-state index in [4.69, 9.17) is 33.2 Å². The summed E-state index contributed by atoms with van der Waals surface area (Å²) in [5.74, 6) is 0.377. The van der Waals surface area contributed by atoms with Gasteiger partial charge >= 0.3 is 5.97 Å². The highest BCUT2D eigenvalue weighted by Gasteiger charge is 2.70. The number of aliphatic hydroxyl groups excluding tert-OH is 9. The maximum absolute atomic E-state index is 13.7. The van der Waals surface area contributed by atoms with Crippen LogP contribution in [0.25, 0.3) is 0 Å². The minimum Gasteiger partial charge on any atom is -0.469 e. The zero-order valence-electron chi connectivity index (χ0n) is 39.5. The summed E-state index contributed by atoms with van der Waals surface area (Å²) < 4.78 is 41.8. The zero-order valence-corrected chi connectivity index (χ0v) is 39.5. The number of aliphatic hydroxyl groups is 9. The number of ether oxygens (including phenoxy) is 7. The SMILES string of the molecule is COC(=O)[C@]12CCC(C)(C)C[C@H]1C1=CC[C@@H]3[C@@]4(C)CCC(O[C@@H]5OC[C@H](O)[C@H](O)[C@H]5O[C@@H]5O[C@@H](C)[C@H](O)[C@@H](O[C@@H]6O[C@H](CO)[C@@H](O)[C@H](O)[C@H]6O)[C@H]5O)[C@@](C)(CO)[C@@H]4CC[C@@]3(C)[C@]1(C)CC2. The van der Waals surface area contributed by atoms with Crippen molar-refractivity contribution < 1.29 is 83.9 Å². The van der Waals surface area contributed by atoms with Crippen LogP contribution in [0.5, 0.6) is 0 Å². The van der Waals surface area contributed by atoms with Crippen LogP contribution in [0.15, 0.2) is 11.6 Å². The molecule has 0 radical (unpaired) electrons. The summed E-state index contributed by atoms with van der Waals surface area (Å²) in [5, 5.41) is 97.3. The van der Waals surface area contributed by atoms with Gasteiger partial charge in [-0.15, -0.1) is 0 Å². The second-order valence-corrected chi connectivity index (χ2v) is 23.0. The number of carbonyl (C=O) groups is 1. The molecule has 0 amide bonds. The number of hydrogen-bond acceptors (Lipinski definition) is 17. The average molecular weight is 927 g/mol. The largest absolute Gasteiger partial charge is 0.469 e. The molecule has 0 aromatic carbocycles. The number of allylic oxidation sites excluding steroid dienone is 2. The Kier molecular flexibility index (Phi) is 13.7. The Balaban J connectivity index is 1.02. The predicted octanol–water partition coefficient (Wildman–Crippen LogP) is 1.43. The standard InChI is InChI=1S/C48H78O17/c1-23-31(52)37(64-39-35(56)34(55)33(54)27(20-49)62-39)36(57)40(61-23)65-38-32(53)26(51)21-60-41(38)63-30-12-13-44(4)28(45(30,5)22-50)11-14-47(7)29(44)10-9-24-25-19-43(2,3)15-17-48(25,42(58)59-8)18-16-46(24,47)6/h9,23,25-41,49-57H,10-22H2,1-8H3/t23-,25-,26-,27+,28+,29+,30?,31-,32-,33+,34-,35+,36+,37+,38+,39-,40-,41-,44-,45-,46+,47+,48-/m0/s1. The van der Waals surface area contributed by atoms with Gasteiger partial charge in [-0.1, -0.05) is 53.2 Å². The van der Waals surface area contributed by atoms with Crippen molar-refractivity contribution >= 4 is 5.97 Å². The molecule has 4 saturated carbocycles. The summed E-state index contributed by atoms with van der Waals surface area (Å²) >= 11 is 0. The van der Waals surface area contributed by atoms with Gasteiger partial charge in [0.05, 0.1) is 44.6 Å². The van der Waals surface area contributed by atoms with Crippen LogP contribution in [0.4, 0.5) is 0 Å². The lowest BCUT2D eigenvalue weighted by atomic mass is 9.33. The van der Waals surface area contributed by atoms with Crippen molar-refractivity contribution in [2.75, 3.05) is 26.9 Å². The van der Waals surface area contributed by atoms with Gasteiger partial charge in [-0.05, 0) is 111 Å². The molecular weight excluding hydrogens is 849 g/mol. The number of carbonyl (C=O) groups excluding carboxylic acids is 1. The molecule has 7 fully saturated rings. The first-order chi connectivity index (χ1) is 30.5. The predicted molar refractivity (Wildman–Crippen MR) is 229 cm³/mol. The fourth-order valence-corrected chi connectivity index (χ4v) is 15.0. The highest BCUT2D eigenvalue weighted by molar-refractivity contribution is 5.78. The number of esters is 1. The fraction of sp³-hybridized carbons (Fsp3) is 0.938. The molecule has 0 spiro atoms. The van der Waals surface area contributed by atoms with Crippen molar-refractivity contribution in [3.63, 3.8) is 0 Å². The molecule has 17 heteroatoms. The molecule has 5 aliphatic carbocycles. The van der Waals surface area contributed by atoms with Gasteiger partial charge in [0.1, 0.15) is 61.0 Å². The van der Waals surface area contributed by atoms with Crippen LogP contribution in [-0.2, 0) is 38.0 Å². The Labute approximate surface area is 382 Å². The fourth-order valence-electron chi connectivity index (χ4n) is 15.0. The van der Waals surface area contributed by atoms with E-state index in [1.54, 1.807) is 0 Å². The van der Waals surface area contributed by atoms with E-state index in [0.717, 1.165) is 57.8 Å². The van der Waals surface area contributed by atoms with E-state index in [9.17, 15) is 50.8 Å². The van der Waals surface area contributed by atoms with Gasteiger partial charge in [0.25, 0.3) is 0 Å². The summed E-state index contributed by atoms with van der Waals surface area (Å²) in [4.78, 5) is 13.7. The van der Waals surface area contributed by atoms with Gasteiger partial charge in [-0.2, -0.15) is 0 Å². The summed E-state index contributed by atoms with van der Waals surface area (Å²) in [6, 6.07) is 0. The first-order valence-corrected chi connectivity index (χ1v) is 24.1. The molecule has 1 unspecified atom stereocenters. The van der Waals surface area contributed by atoms with Crippen molar-refractivity contribution in [3.05, 3.63) is 11.6 Å². The molecule has 0 bridgehead atoms. The van der Waals surface area contributed by atoms with E-state index in [-0.39, 0.29) is 58.6 Å². The molecule has 3 aliphatic heterocycles. The maximum Gasteiger partial charge on any atom is 0.312 e. The first-order valence-electron chi connectivity index (χ1n) is 24.1. The van der Waals surface area contributed by atoms with Crippen molar-refractivity contribution in [1.82, 2.24) is 0 Å². The highest BCUT2D eigenvalue weighted by atomic mass is 16.8. The van der Waals surface area contributed by atoms with Crippen molar-refractivity contribution in [3.8, 4) is 0 Å². The van der Waals surface area contributed by atoms with Gasteiger partial charge in [-0.25, -0.2) is 0 Å². The number of hydrogen-bond donors (Lipinski definition) is 9. The molecule has 0 aromatic rings. The van der Waals surface area contributed by atoms with Crippen LogP contribution in [0.3, 0.4) is 0 Å². The van der Waals surface area contributed by atoms with E-state index in [0.29, 0.717) is 6.42 Å². The van der Waals surface area contributed by atoms with Gasteiger partial charge in [0.15, 0.2) is 18.9 Å². The Morgan fingerprint density at radius 1 is 0.723 bits per heavy atom. The third-order valence-electron chi connectivity index (χ3n) is 19.3. The molecular formula is C48H78O17. The third kappa shape index (κ3) is 7.81. The summed E-state index contributed by atoms with van der Waals surface area (Å²) in [6.45, 7) is 14.3. The molecule has 8 aliphatic rings. The van der Waals surface area contributed by atoms with Gasteiger partial charge in [-0.3, -0.25) is 4.79 Å². The van der Waals surface area contributed by atoms with E-state index < -0.39 is 110 Å². The lowest BCUT2D eigenvalue weighted by Crippen LogP contribution is -2.67. The quantitative estimate of drug-likeness (QED) is 0.0900. The molecule has 8 rings (SSSR count). The number of rotatable bonds is 9. The topological polar surface area (TPSA) is 264 Å².